The molecule has 33 heavy (non-hydrogen) atoms. The fourth-order valence-corrected chi connectivity index (χ4v) is 4.56. The molecule has 0 unspecified atom stereocenters. The number of aliphatic carboxylic acids is 1. The Morgan fingerprint density at radius 3 is 2.39 bits per heavy atom. The number of hydrogen-bond donors (Lipinski definition) is 1. The van der Waals surface area contributed by atoms with Gasteiger partial charge in [-0.25, -0.2) is 4.79 Å². The lowest BCUT2D eigenvalue weighted by Gasteiger charge is -2.47. The molecule has 0 saturated carbocycles. The van der Waals surface area contributed by atoms with Gasteiger partial charge in [-0.3, -0.25) is 9.59 Å². The Bertz CT molecular complexity index is 1000. The quantitative estimate of drug-likeness (QED) is 0.724. The molecular weight excluding hydrogens is 424 g/mol. The molecule has 1 atom stereocenters. The van der Waals surface area contributed by atoms with E-state index in [0.717, 1.165) is 18.5 Å². The Kier molecular flexibility index (Phi) is 6.65. The highest BCUT2D eigenvalue weighted by atomic mass is 16.5. The van der Waals surface area contributed by atoms with Crippen molar-refractivity contribution >= 4 is 23.5 Å². The lowest BCUT2D eigenvalue weighted by atomic mass is 9.80. The second-order valence-electron chi connectivity index (χ2n) is 8.69. The maximum atomic E-state index is 12.9. The number of anilines is 1. The lowest BCUT2D eigenvalue weighted by Crippen LogP contribution is -2.58. The first-order chi connectivity index (χ1) is 15.9. The molecule has 2 amide bonds. The molecule has 2 fully saturated rings. The van der Waals surface area contributed by atoms with Gasteiger partial charge in [0.05, 0.1) is 12.1 Å². The van der Waals surface area contributed by atoms with E-state index in [1.807, 2.05) is 35.2 Å². The van der Waals surface area contributed by atoms with Crippen molar-refractivity contribution in [3.63, 3.8) is 0 Å². The first kappa shape index (κ1) is 22.8. The van der Waals surface area contributed by atoms with Crippen LogP contribution < -0.4 is 9.64 Å². The summed E-state index contributed by atoms with van der Waals surface area (Å²) in [6, 6.07) is 16.2. The molecule has 2 heterocycles. The van der Waals surface area contributed by atoms with Gasteiger partial charge >= 0.3 is 5.97 Å². The molecular formula is C25H28N2O6. The molecule has 2 aliphatic heterocycles. The van der Waals surface area contributed by atoms with Crippen molar-refractivity contribution in [3.05, 3.63) is 60.2 Å². The molecule has 0 bridgehead atoms. The number of amides is 2. The van der Waals surface area contributed by atoms with Crippen LogP contribution in [0.4, 0.5) is 5.69 Å². The molecule has 8 heteroatoms. The van der Waals surface area contributed by atoms with Crippen molar-refractivity contribution in [2.45, 2.75) is 25.4 Å². The van der Waals surface area contributed by atoms with E-state index >= 15 is 0 Å². The number of para-hydroxylation sites is 1. The van der Waals surface area contributed by atoms with E-state index in [9.17, 15) is 14.4 Å². The predicted molar refractivity (Wildman–Crippen MR) is 121 cm³/mol. The third-order valence-corrected chi connectivity index (χ3v) is 6.48. The van der Waals surface area contributed by atoms with Gasteiger partial charge in [-0.2, -0.15) is 0 Å². The minimum absolute atomic E-state index is 0.0398. The third-order valence-electron chi connectivity index (χ3n) is 6.48. The lowest BCUT2D eigenvalue weighted by molar-refractivity contribution is -0.145. The van der Waals surface area contributed by atoms with Gasteiger partial charge in [0, 0.05) is 24.3 Å². The summed E-state index contributed by atoms with van der Waals surface area (Å²) in [4.78, 5) is 39.6. The number of carbonyl (C=O) groups excluding carboxylic acids is 2. The van der Waals surface area contributed by atoms with E-state index in [-0.39, 0.29) is 24.3 Å². The second-order valence-corrected chi connectivity index (χ2v) is 8.69. The van der Waals surface area contributed by atoms with Crippen LogP contribution in [0.1, 0.15) is 30.1 Å². The van der Waals surface area contributed by atoms with Crippen molar-refractivity contribution in [2.75, 3.05) is 37.7 Å². The number of carbonyl (C=O) groups is 3. The average molecular weight is 453 g/mol. The smallest absolute Gasteiger partial charge is 0.341 e. The van der Waals surface area contributed by atoms with Crippen LogP contribution in [-0.2, 0) is 14.3 Å². The number of ether oxygens (including phenoxy) is 2. The summed E-state index contributed by atoms with van der Waals surface area (Å²) in [6.07, 6.45) is 1.58. The van der Waals surface area contributed by atoms with Gasteiger partial charge in [-0.1, -0.05) is 18.2 Å². The highest BCUT2D eigenvalue weighted by Crippen LogP contribution is 2.36. The summed E-state index contributed by atoms with van der Waals surface area (Å²) < 4.78 is 11.2. The van der Waals surface area contributed by atoms with E-state index in [1.165, 1.54) is 0 Å². The molecule has 2 aromatic carbocycles. The van der Waals surface area contributed by atoms with Gasteiger partial charge in [0.25, 0.3) is 11.8 Å². The van der Waals surface area contributed by atoms with Crippen LogP contribution in [0.25, 0.3) is 0 Å². The van der Waals surface area contributed by atoms with Gasteiger partial charge in [0.15, 0.2) is 6.61 Å². The third kappa shape index (κ3) is 5.17. The van der Waals surface area contributed by atoms with Crippen LogP contribution in [0.15, 0.2) is 54.6 Å². The number of carboxylic acid groups (broad SMARTS) is 1. The topological polar surface area (TPSA) is 96.4 Å². The maximum Gasteiger partial charge on any atom is 0.341 e. The van der Waals surface area contributed by atoms with Crippen molar-refractivity contribution in [1.29, 1.82) is 0 Å². The van der Waals surface area contributed by atoms with Crippen LogP contribution in [0.2, 0.25) is 0 Å². The zero-order valence-electron chi connectivity index (χ0n) is 18.6. The first-order valence-electron chi connectivity index (χ1n) is 11.1. The molecule has 8 nitrogen and oxygen atoms in total. The number of benzene rings is 2. The van der Waals surface area contributed by atoms with Crippen molar-refractivity contribution in [2.24, 2.45) is 5.92 Å². The Morgan fingerprint density at radius 2 is 1.76 bits per heavy atom. The summed E-state index contributed by atoms with van der Waals surface area (Å²) in [6.45, 7) is 3.41. The van der Waals surface area contributed by atoms with Crippen LogP contribution in [0.3, 0.4) is 0 Å². The highest BCUT2D eigenvalue weighted by Gasteiger charge is 2.44. The van der Waals surface area contributed by atoms with Crippen molar-refractivity contribution in [1.82, 2.24) is 4.90 Å². The summed E-state index contributed by atoms with van der Waals surface area (Å²) in [7, 11) is 0. The summed E-state index contributed by atoms with van der Waals surface area (Å²) in [5.74, 6) is -0.513. The summed E-state index contributed by atoms with van der Waals surface area (Å²) in [5, 5.41) is 8.69. The number of nitrogens with zero attached hydrogens (tertiary/aromatic N) is 2. The zero-order valence-corrected chi connectivity index (χ0v) is 18.6. The predicted octanol–water partition coefficient (Wildman–Crippen LogP) is 2.82. The van der Waals surface area contributed by atoms with E-state index in [1.54, 1.807) is 29.2 Å². The number of carboxylic acids is 1. The molecule has 2 aromatic rings. The molecule has 0 radical (unpaired) electrons. The molecule has 0 spiro atoms. The van der Waals surface area contributed by atoms with Gasteiger partial charge in [-0.05, 0) is 62.1 Å². The monoisotopic (exact) mass is 452 g/mol. The van der Waals surface area contributed by atoms with Crippen LogP contribution >= 0.6 is 0 Å². The van der Waals surface area contributed by atoms with Gasteiger partial charge in [-0.15, -0.1) is 0 Å². The Morgan fingerprint density at radius 1 is 1.09 bits per heavy atom. The van der Waals surface area contributed by atoms with E-state index in [4.69, 9.17) is 14.6 Å². The normalized spacial score (nSPS) is 21.7. The van der Waals surface area contributed by atoms with Gasteiger partial charge < -0.3 is 24.4 Å². The number of piperidine rings is 1. The number of hydrogen-bond acceptors (Lipinski definition) is 5. The summed E-state index contributed by atoms with van der Waals surface area (Å²) in [5.41, 5.74) is 0.944. The second kappa shape index (κ2) is 9.62. The first-order valence-corrected chi connectivity index (χ1v) is 11.1. The molecule has 174 valence electrons. The largest absolute Gasteiger partial charge is 0.482 e. The van der Waals surface area contributed by atoms with Gasteiger partial charge in [0.2, 0.25) is 0 Å². The number of likely N-dealkylation sites (tertiary alicyclic amines) is 1. The SMILES string of the molecule is C[C@@]1(C2CCN(C(=O)c3ccc(OCC(=O)O)cc3)CC2)CN(c2ccccc2)C(=O)CO1. The molecule has 4 rings (SSSR count). The Balaban J connectivity index is 1.35. The fourth-order valence-electron chi connectivity index (χ4n) is 4.56. The van der Waals surface area contributed by atoms with Crippen LogP contribution in [0, 0.1) is 5.92 Å². The summed E-state index contributed by atoms with van der Waals surface area (Å²) >= 11 is 0. The minimum Gasteiger partial charge on any atom is -0.482 e. The molecule has 2 aliphatic rings. The minimum atomic E-state index is -1.05. The molecule has 1 N–H and O–H groups in total. The Hall–Kier alpha value is -3.39. The molecule has 2 saturated heterocycles. The van der Waals surface area contributed by atoms with Crippen molar-refractivity contribution in [3.8, 4) is 5.75 Å². The Labute approximate surface area is 192 Å². The van der Waals surface area contributed by atoms with E-state index in [0.29, 0.717) is 30.9 Å². The van der Waals surface area contributed by atoms with E-state index in [2.05, 4.69) is 6.92 Å². The zero-order chi connectivity index (χ0) is 23.4. The number of rotatable bonds is 6. The number of morpholine rings is 1. The van der Waals surface area contributed by atoms with Crippen molar-refractivity contribution < 1.29 is 29.0 Å². The van der Waals surface area contributed by atoms with E-state index < -0.39 is 18.2 Å². The average Bonchev–Trinajstić information content (AvgIpc) is 2.85. The highest BCUT2D eigenvalue weighted by molar-refractivity contribution is 5.95. The molecule has 0 aromatic heterocycles. The van der Waals surface area contributed by atoms with Crippen LogP contribution in [0.5, 0.6) is 5.75 Å². The molecule has 0 aliphatic carbocycles. The maximum absolute atomic E-state index is 12.9. The van der Waals surface area contributed by atoms with Crippen LogP contribution in [-0.4, -0.2) is 66.2 Å². The fraction of sp³-hybridized carbons (Fsp3) is 0.400. The standard InChI is InChI=1S/C25H28N2O6/c1-25(17-27(22(28)15-33-25)20-5-3-2-4-6-20)19-11-13-26(14-12-19)24(31)18-7-9-21(10-8-18)32-16-23(29)30/h2-10,19H,11-17H2,1H3,(H,29,30)/t25-/m0/s1. The van der Waals surface area contributed by atoms with Gasteiger partial charge in [0.1, 0.15) is 12.4 Å².